The minimum Gasteiger partial charge on any atom is -0.465 e. The minimum absolute atomic E-state index is 0.116. The normalized spacial score (nSPS) is 10.6. The van der Waals surface area contributed by atoms with Gasteiger partial charge in [0.15, 0.2) is 11.0 Å². The van der Waals surface area contributed by atoms with E-state index >= 15 is 0 Å². The maximum absolute atomic E-state index is 12.8. The topological polar surface area (TPSA) is 86.1 Å². The van der Waals surface area contributed by atoms with E-state index in [4.69, 9.17) is 4.74 Å². The molecule has 4 rings (SSSR count). The second kappa shape index (κ2) is 10.6. The standard InChI is InChI=1S/C25H22N4O3S/c1-2-32-22(30)17-33-25-28-27-23(29(25)19-13-7-4-8-14-19)20-15-9-10-16-21(20)26-24(31)18-11-5-3-6-12-18/h3-16H,2,17H2,1H3,(H,26,31). The van der Waals surface area contributed by atoms with Crippen molar-refractivity contribution < 1.29 is 14.3 Å². The summed E-state index contributed by atoms with van der Waals surface area (Å²) in [5, 5.41) is 12.3. The number of esters is 1. The lowest BCUT2D eigenvalue weighted by Crippen LogP contribution is -2.13. The summed E-state index contributed by atoms with van der Waals surface area (Å²) in [6.45, 7) is 2.10. The number of thioether (sulfide) groups is 1. The number of nitrogens with one attached hydrogen (secondary N) is 1. The molecular formula is C25H22N4O3S. The van der Waals surface area contributed by atoms with Gasteiger partial charge in [0.2, 0.25) is 0 Å². The molecule has 0 aliphatic rings. The molecule has 0 fully saturated rings. The van der Waals surface area contributed by atoms with Crippen LogP contribution >= 0.6 is 11.8 Å². The van der Waals surface area contributed by atoms with Gasteiger partial charge in [-0.05, 0) is 43.3 Å². The van der Waals surface area contributed by atoms with Crippen molar-refractivity contribution in [2.24, 2.45) is 0 Å². The Morgan fingerprint density at radius 1 is 0.909 bits per heavy atom. The van der Waals surface area contributed by atoms with Gasteiger partial charge in [-0.3, -0.25) is 14.2 Å². The molecule has 3 aromatic carbocycles. The molecular weight excluding hydrogens is 436 g/mol. The van der Waals surface area contributed by atoms with Crippen LogP contribution in [0, 0.1) is 0 Å². The number of carbonyl (C=O) groups excluding carboxylic acids is 2. The molecule has 0 saturated heterocycles. The van der Waals surface area contributed by atoms with Crippen LogP contribution in [0.15, 0.2) is 90.1 Å². The smallest absolute Gasteiger partial charge is 0.316 e. The van der Waals surface area contributed by atoms with Crippen LogP contribution in [0.25, 0.3) is 17.1 Å². The number of ether oxygens (including phenoxy) is 1. The van der Waals surface area contributed by atoms with Crippen molar-refractivity contribution in [3.8, 4) is 17.1 Å². The molecule has 1 amide bonds. The van der Waals surface area contributed by atoms with Gasteiger partial charge in [-0.1, -0.05) is 60.3 Å². The molecule has 0 aliphatic carbocycles. The summed E-state index contributed by atoms with van der Waals surface area (Å²) >= 11 is 1.25. The van der Waals surface area contributed by atoms with E-state index in [0.29, 0.717) is 34.4 Å². The first-order chi connectivity index (χ1) is 16.2. The van der Waals surface area contributed by atoms with E-state index in [1.165, 1.54) is 11.8 Å². The Kier molecular flexibility index (Phi) is 7.16. The molecule has 0 spiro atoms. The molecule has 0 atom stereocenters. The number of nitrogens with zero attached hydrogens (tertiary/aromatic N) is 3. The SMILES string of the molecule is CCOC(=O)CSc1nnc(-c2ccccc2NC(=O)c2ccccc2)n1-c1ccccc1. The Labute approximate surface area is 195 Å². The zero-order valence-corrected chi connectivity index (χ0v) is 18.8. The lowest BCUT2D eigenvalue weighted by atomic mass is 10.1. The number of aromatic nitrogens is 3. The molecule has 1 N–H and O–H groups in total. The van der Waals surface area contributed by atoms with Crippen molar-refractivity contribution in [3.63, 3.8) is 0 Å². The number of anilines is 1. The molecule has 0 aliphatic heterocycles. The fraction of sp³-hybridized carbons (Fsp3) is 0.120. The third-order valence-corrected chi connectivity index (χ3v) is 5.63. The predicted molar refractivity (Wildman–Crippen MR) is 129 cm³/mol. The van der Waals surface area contributed by atoms with Gasteiger partial charge >= 0.3 is 5.97 Å². The zero-order valence-electron chi connectivity index (χ0n) is 18.0. The van der Waals surface area contributed by atoms with Crippen LogP contribution in [0.3, 0.4) is 0 Å². The maximum atomic E-state index is 12.8. The van der Waals surface area contributed by atoms with Crippen LogP contribution in [-0.4, -0.2) is 39.0 Å². The highest BCUT2D eigenvalue weighted by molar-refractivity contribution is 7.99. The van der Waals surface area contributed by atoms with E-state index in [9.17, 15) is 9.59 Å². The van der Waals surface area contributed by atoms with Gasteiger partial charge in [0.05, 0.1) is 18.0 Å². The minimum atomic E-state index is -0.317. The zero-order chi connectivity index (χ0) is 23.0. The van der Waals surface area contributed by atoms with Crippen LogP contribution in [0.4, 0.5) is 5.69 Å². The highest BCUT2D eigenvalue weighted by Gasteiger charge is 2.20. The van der Waals surface area contributed by atoms with Gasteiger partial charge in [0, 0.05) is 16.8 Å². The van der Waals surface area contributed by atoms with Gasteiger partial charge in [0.25, 0.3) is 5.91 Å². The molecule has 8 heteroatoms. The summed E-state index contributed by atoms with van der Waals surface area (Å²) in [4.78, 5) is 24.7. The molecule has 0 unspecified atom stereocenters. The van der Waals surface area contributed by atoms with Crippen LogP contribution in [0.1, 0.15) is 17.3 Å². The van der Waals surface area contributed by atoms with Crippen molar-refractivity contribution in [2.45, 2.75) is 12.1 Å². The van der Waals surface area contributed by atoms with E-state index in [1.807, 2.05) is 77.4 Å². The summed E-state index contributed by atoms with van der Waals surface area (Å²) < 4.78 is 6.91. The summed E-state index contributed by atoms with van der Waals surface area (Å²) in [5.74, 6) is 0.134. The van der Waals surface area contributed by atoms with Gasteiger partial charge in [-0.2, -0.15) is 0 Å². The second-order valence-corrected chi connectivity index (χ2v) is 7.88. The van der Waals surface area contributed by atoms with Crippen LogP contribution in [-0.2, 0) is 9.53 Å². The monoisotopic (exact) mass is 458 g/mol. The van der Waals surface area contributed by atoms with Crippen molar-refractivity contribution >= 4 is 29.3 Å². The highest BCUT2D eigenvalue weighted by atomic mass is 32.2. The van der Waals surface area contributed by atoms with Gasteiger partial charge < -0.3 is 10.1 Å². The van der Waals surface area contributed by atoms with Crippen LogP contribution in [0.2, 0.25) is 0 Å². The first kappa shape index (κ1) is 22.3. The second-order valence-electron chi connectivity index (χ2n) is 6.94. The summed E-state index contributed by atoms with van der Waals surface area (Å²) in [7, 11) is 0. The van der Waals surface area contributed by atoms with Gasteiger partial charge in [-0.25, -0.2) is 0 Å². The Balaban J connectivity index is 1.72. The first-order valence-electron chi connectivity index (χ1n) is 10.4. The average molecular weight is 459 g/mol. The Bertz CT molecular complexity index is 1240. The molecule has 7 nitrogen and oxygen atoms in total. The quantitative estimate of drug-likeness (QED) is 0.300. The largest absolute Gasteiger partial charge is 0.465 e. The molecule has 0 saturated carbocycles. The number of carbonyl (C=O) groups is 2. The molecule has 166 valence electrons. The number of benzene rings is 3. The summed E-state index contributed by atoms with van der Waals surface area (Å²) in [5.41, 5.74) is 2.72. The van der Waals surface area contributed by atoms with E-state index in [-0.39, 0.29) is 17.6 Å². The predicted octanol–water partition coefficient (Wildman–Crippen LogP) is 4.84. The Hall–Kier alpha value is -3.91. The van der Waals surface area contributed by atoms with E-state index in [2.05, 4.69) is 15.5 Å². The molecule has 4 aromatic rings. The highest BCUT2D eigenvalue weighted by Crippen LogP contribution is 2.32. The lowest BCUT2D eigenvalue weighted by molar-refractivity contribution is -0.139. The third kappa shape index (κ3) is 5.30. The Morgan fingerprint density at radius 3 is 2.30 bits per heavy atom. The molecule has 1 aromatic heterocycles. The van der Waals surface area contributed by atoms with Crippen molar-refractivity contribution in [3.05, 3.63) is 90.5 Å². The molecule has 1 heterocycles. The maximum Gasteiger partial charge on any atom is 0.316 e. The number of hydrogen-bond donors (Lipinski definition) is 1. The number of amides is 1. The van der Waals surface area contributed by atoms with Crippen LogP contribution in [0.5, 0.6) is 0 Å². The number of para-hydroxylation sites is 2. The number of rotatable bonds is 8. The fourth-order valence-electron chi connectivity index (χ4n) is 3.24. The number of hydrogen-bond acceptors (Lipinski definition) is 6. The summed E-state index contributed by atoms with van der Waals surface area (Å²) in [6, 6.07) is 26.1. The molecule has 33 heavy (non-hydrogen) atoms. The van der Waals surface area contributed by atoms with E-state index in [1.54, 1.807) is 19.1 Å². The molecule has 0 radical (unpaired) electrons. The van der Waals surface area contributed by atoms with Gasteiger partial charge in [0.1, 0.15) is 0 Å². The van der Waals surface area contributed by atoms with E-state index < -0.39 is 0 Å². The third-order valence-electron chi connectivity index (χ3n) is 4.72. The van der Waals surface area contributed by atoms with E-state index in [0.717, 1.165) is 5.69 Å². The summed E-state index contributed by atoms with van der Waals surface area (Å²) in [6.07, 6.45) is 0. The molecule has 0 bridgehead atoms. The fourth-order valence-corrected chi connectivity index (χ4v) is 3.99. The van der Waals surface area contributed by atoms with Crippen molar-refractivity contribution in [2.75, 3.05) is 17.7 Å². The first-order valence-corrected chi connectivity index (χ1v) is 11.4. The van der Waals surface area contributed by atoms with Crippen LogP contribution < -0.4 is 5.32 Å². The Morgan fingerprint density at radius 2 is 1.58 bits per heavy atom. The average Bonchev–Trinajstić information content (AvgIpc) is 3.28. The van der Waals surface area contributed by atoms with Gasteiger partial charge in [-0.15, -0.1) is 10.2 Å². The van der Waals surface area contributed by atoms with Crippen molar-refractivity contribution in [1.82, 2.24) is 14.8 Å². The van der Waals surface area contributed by atoms with Crippen molar-refractivity contribution in [1.29, 1.82) is 0 Å². The lowest BCUT2D eigenvalue weighted by Gasteiger charge is -2.14.